The van der Waals surface area contributed by atoms with Crippen LogP contribution in [0.5, 0.6) is 5.75 Å². The van der Waals surface area contributed by atoms with Crippen molar-refractivity contribution in [3.63, 3.8) is 0 Å². The normalized spacial score (nSPS) is 11.4. The van der Waals surface area contributed by atoms with Crippen molar-refractivity contribution in [3.05, 3.63) is 28.2 Å². The Morgan fingerprint density at radius 3 is 2.65 bits per heavy atom. The lowest BCUT2D eigenvalue weighted by Crippen LogP contribution is -2.31. The Bertz CT molecular complexity index is 428. The zero-order valence-corrected chi connectivity index (χ0v) is 13.9. The average molecular weight is 368 g/mol. The van der Waals surface area contributed by atoms with Gasteiger partial charge in [0.05, 0.1) is 24.1 Å². The molecule has 3 N–H and O–H groups in total. The number of nitrogens with one attached hydrogen (secondary N) is 1. The molecular weight excluding hydrogens is 348 g/mol. The minimum Gasteiger partial charge on any atom is -0.496 e. The summed E-state index contributed by atoms with van der Waals surface area (Å²) in [4.78, 5) is 11.7. The highest BCUT2D eigenvalue weighted by molar-refractivity contribution is 9.10. The van der Waals surface area contributed by atoms with Crippen molar-refractivity contribution in [2.45, 2.75) is 19.1 Å². The van der Waals surface area contributed by atoms with Crippen LogP contribution >= 0.6 is 28.3 Å². The number of hydrogen-bond acceptors (Lipinski definition) is 4. The highest BCUT2D eigenvalue weighted by Gasteiger charge is 2.11. The van der Waals surface area contributed by atoms with E-state index in [9.17, 15) is 4.79 Å². The van der Waals surface area contributed by atoms with E-state index >= 15 is 0 Å². The van der Waals surface area contributed by atoms with Gasteiger partial charge in [-0.15, -0.1) is 12.4 Å². The lowest BCUT2D eigenvalue weighted by molar-refractivity contribution is -0.123. The van der Waals surface area contributed by atoms with E-state index in [4.69, 9.17) is 15.2 Å². The fourth-order valence-electron chi connectivity index (χ4n) is 1.56. The molecular formula is C13H20BrClN2O3. The Morgan fingerprint density at radius 1 is 1.45 bits per heavy atom. The van der Waals surface area contributed by atoms with Gasteiger partial charge in [0.25, 0.3) is 0 Å². The van der Waals surface area contributed by atoms with Crippen molar-refractivity contribution in [2.75, 3.05) is 20.8 Å². The highest BCUT2D eigenvalue weighted by atomic mass is 79.9. The summed E-state index contributed by atoms with van der Waals surface area (Å²) in [6.45, 7) is 0.792. The summed E-state index contributed by atoms with van der Waals surface area (Å²) in [6, 6.07) is 5.67. The van der Waals surface area contributed by atoms with Crippen LogP contribution < -0.4 is 15.8 Å². The number of ether oxygens (including phenoxy) is 2. The molecule has 0 aliphatic carbocycles. The fraction of sp³-hybridized carbons (Fsp3) is 0.462. The van der Waals surface area contributed by atoms with E-state index < -0.39 is 0 Å². The highest BCUT2D eigenvalue weighted by Crippen LogP contribution is 2.25. The van der Waals surface area contributed by atoms with Gasteiger partial charge in [0.1, 0.15) is 5.75 Å². The van der Waals surface area contributed by atoms with E-state index in [0.717, 1.165) is 15.8 Å². The third-order valence-corrected chi connectivity index (χ3v) is 3.33. The molecule has 0 aliphatic heterocycles. The molecule has 5 nitrogen and oxygen atoms in total. The molecule has 1 atom stereocenters. The van der Waals surface area contributed by atoms with Crippen LogP contribution in [0.3, 0.4) is 0 Å². The topological polar surface area (TPSA) is 73.6 Å². The molecule has 1 aromatic carbocycles. The predicted molar refractivity (Wildman–Crippen MR) is 84.3 cm³/mol. The van der Waals surface area contributed by atoms with E-state index in [2.05, 4.69) is 21.2 Å². The number of hydrogen-bond donors (Lipinski definition) is 2. The molecule has 0 fully saturated rings. The van der Waals surface area contributed by atoms with Gasteiger partial charge in [-0.25, -0.2) is 0 Å². The molecule has 0 saturated carbocycles. The number of carbonyl (C=O) groups is 1. The molecule has 0 radical (unpaired) electrons. The van der Waals surface area contributed by atoms with Crippen molar-refractivity contribution in [1.29, 1.82) is 0 Å². The lowest BCUT2D eigenvalue weighted by atomic mass is 10.2. The molecule has 7 heteroatoms. The van der Waals surface area contributed by atoms with Crippen molar-refractivity contribution in [3.8, 4) is 5.75 Å². The molecule has 1 rings (SSSR count). The number of carbonyl (C=O) groups excluding carboxylic acids is 1. The third kappa shape index (κ3) is 6.09. The van der Waals surface area contributed by atoms with E-state index in [0.29, 0.717) is 13.1 Å². The van der Waals surface area contributed by atoms with E-state index in [1.165, 1.54) is 0 Å². The first-order valence-electron chi connectivity index (χ1n) is 5.92. The quantitative estimate of drug-likeness (QED) is 0.771. The summed E-state index contributed by atoms with van der Waals surface area (Å²) < 4.78 is 11.1. The summed E-state index contributed by atoms with van der Waals surface area (Å²) in [7, 11) is 3.16. The summed E-state index contributed by atoms with van der Waals surface area (Å²) >= 11 is 3.40. The molecule has 0 heterocycles. The minimum atomic E-state index is -0.234. The van der Waals surface area contributed by atoms with Gasteiger partial charge in [0.15, 0.2) is 0 Å². The SMILES string of the molecule is COc1ccc(CNC(=O)CC(CN)OC)cc1Br.Cl. The standard InChI is InChI=1S/C13H19BrN2O3.ClH/c1-18-10(7-15)6-13(17)16-8-9-3-4-12(19-2)11(14)5-9;/h3-5,10H,6-8,15H2,1-2H3,(H,16,17);1H. The van der Waals surface area contributed by atoms with Crippen LogP contribution in [0.15, 0.2) is 22.7 Å². The van der Waals surface area contributed by atoms with Crippen molar-refractivity contribution in [1.82, 2.24) is 5.32 Å². The largest absolute Gasteiger partial charge is 0.496 e. The van der Waals surface area contributed by atoms with Crippen LogP contribution in [0.25, 0.3) is 0 Å². The van der Waals surface area contributed by atoms with Gasteiger partial charge in [-0.2, -0.15) is 0 Å². The second-order valence-corrected chi connectivity index (χ2v) is 4.90. The molecule has 20 heavy (non-hydrogen) atoms. The van der Waals surface area contributed by atoms with Crippen LogP contribution in [-0.4, -0.2) is 32.8 Å². The van der Waals surface area contributed by atoms with Gasteiger partial charge in [-0.3, -0.25) is 4.79 Å². The maximum Gasteiger partial charge on any atom is 0.222 e. The smallest absolute Gasteiger partial charge is 0.222 e. The number of rotatable bonds is 7. The first-order chi connectivity index (χ1) is 9.10. The molecule has 0 bridgehead atoms. The second kappa shape index (κ2) is 9.99. The molecule has 1 aromatic rings. The summed E-state index contributed by atoms with van der Waals surface area (Å²) in [6.07, 6.45) is 0.0345. The molecule has 1 amide bonds. The Morgan fingerprint density at radius 2 is 2.15 bits per heavy atom. The van der Waals surface area contributed by atoms with Gasteiger partial charge < -0.3 is 20.5 Å². The molecule has 0 aromatic heterocycles. The Labute approximate surface area is 133 Å². The van der Waals surface area contributed by atoms with Gasteiger partial charge in [-0.05, 0) is 33.6 Å². The fourth-order valence-corrected chi connectivity index (χ4v) is 2.15. The van der Waals surface area contributed by atoms with E-state index in [-0.39, 0.29) is 30.8 Å². The van der Waals surface area contributed by atoms with Gasteiger partial charge >= 0.3 is 0 Å². The summed E-state index contributed by atoms with van der Waals surface area (Å²) in [5.41, 5.74) is 6.45. The minimum absolute atomic E-state index is 0. The molecule has 0 saturated heterocycles. The van der Waals surface area contributed by atoms with Gasteiger partial charge in [0.2, 0.25) is 5.91 Å². The Hall–Kier alpha value is -0.820. The molecule has 0 aliphatic rings. The van der Waals surface area contributed by atoms with E-state index in [1.54, 1.807) is 14.2 Å². The van der Waals surface area contributed by atoms with Crippen molar-refractivity contribution >= 4 is 34.2 Å². The van der Waals surface area contributed by atoms with Crippen LogP contribution in [0.1, 0.15) is 12.0 Å². The summed E-state index contributed by atoms with van der Waals surface area (Å²) in [5.74, 6) is 0.682. The zero-order chi connectivity index (χ0) is 14.3. The Kier molecular flexibility index (Phi) is 9.58. The van der Waals surface area contributed by atoms with Crippen LogP contribution in [-0.2, 0) is 16.1 Å². The molecule has 1 unspecified atom stereocenters. The van der Waals surface area contributed by atoms with Gasteiger partial charge in [-0.1, -0.05) is 6.07 Å². The van der Waals surface area contributed by atoms with Crippen molar-refractivity contribution < 1.29 is 14.3 Å². The second-order valence-electron chi connectivity index (χ2n) is 4.04. The van der Waals surface area contributed by atoms with Crippen molar-refractivity contribution in [2.24, 2.45) is 5.73 Å². The zero-order valence-electron chi connectivity index (χ0n) is 11.5. The van der Waals surface area contributed by atoms with Gasteiger partial charge in [0, 0.05) is 20.2 Å². The Balaban J connectivity index is 0.00000361. The number of amides is 1. The number of methoxy groups -OCH3 is 2. The lowest BCUT2D eigenvalue weighted by Gasteiger charge is -2.13. The maximum absolute atomic E-state index is 11.7. The number of halogens is 2. The number of nitrogens with two attached hydrogens (primary N) is 1. The number of benzene rings is 1. The van der Waals surface area contributed by atoms with Crippen LogP contribution in [0.2, 0.25) is 0 Å². The van der Waals surface area contributed by atoms with Crippen LogP contribution in [0, 0.1) is 0 Å². The third-order valence-electron chi connectivity index (χ3n) is 2.72. The molecule has 114 valence electrons. The van der Waals surface area contributed by atoms with Crippen LogP contribution in [0.4, 0.5) is 0 Å². The maximum atomic E-state index is 11.7. The monoisotopic (exact) mass is 366 g/mol. The first kappa shape index (κ1) is 19.2. The average Bonchev–Trinajstić information content (AvgIpc) is 2.42. The molecule has 0 spiro atoms. The van der Waals surface area contributed by atoms with E-state index in [1.807, 2.05) is 18.2 Å². The first-order valence-corrected chi connectivity index (χ1v) is 6.72. The summed E-state index contributed by atoms with van der Waals surface area (Å²) in [5, 5.41) is 2.83. The predicted octanol–water partition coefficient (Wildman–Crippen LogP) is 1.86.